The number of thiophene rings is 1. The van der Waals surface area contributed by atoms with Crippen LogP contribution in [0.15, 0.2) is 60.2 Å². The highest BCUT2D eigenvalue weighted by molar-refractivity contribution is 9.11. The second kappa shape index (κ2) is 22.3. The molecular formula is C37H54Br2N4O3S3. The van der Waals surface area contributed by atoms with Crippen molar-refractivity contribution in [3.05, 3.63) is 56.0 Å². The Balaban J connectivity index is 0.00000128. The third-order valence-corrected chi connectivity index (χ3v) is 13.8. The molecule has 0 aromatic carbocycles. The number of anilines is 1. The molecule has 1 unspecified atom stereocenters. The zero-order valence-corrected chi connectivity index (χ0v) is 34.9. The Morgan fingerprint density at radius 2 is 1.69 bits per heavy atom. The van der Waals surface area contributed by atoms with E-state index in [1.165, 1.54) is 108 Å². The van der Waals surface area contributed by atoms with Crippen LogP contribution in [0.5, 0.6) is 0 Å². The molecule has 0 radical (unpaired) electrons. The Bertz CT molecular complexity index is 1330. The molecule has 2 N–H and O–H groups in total. The minimum Gasteiger partial charge on any atom is -0.481 e. The zero-order chi connectivity index (χ0) is 35.0. The Morgan fingerprint density at radius 1 is 1.04 bits per heavy atom. The molecule has 49 heavy (non-hydrogen) atoms. The number of rotatable bonds is 16. The standard InChI is InChI=1S/C35H50Br2N4OS3.C2H4O2/c1-26(22-30-12-8-5-9-13-30)39-42-45-31-23-33(37)35(38-25-31)40-18-14-28(15-19-40)10-6-3-4-7-11-29-16-20-41(21-17-29)44-34-24-32(36)27(2)43-34;1-2(3)4/h8,12-13,23-26,28-29,39H,3-7,9-11,14-22H2,1-2H3;1H3,(H,3,4). The Kier molecular flexibility index (Phi) is 18.6. The van der Waals surface area contributed by atoms with Gasteiger partial charge in [0.2, 0.25) is 0 Å². The summed E-state index contributed by atoms with van der Waals surface area (Å²) in [7, 11) is 0. The quantitative estimate of drug-likeness (QED) is 0.0743. The van der Waals surface area contributed by atoms with Crippen LogP contribution in [0.2, 0.25) is 0 Å². The van der Waals surface area contributed by atoms with E-state index < -0.39 is 5.97 Å². The Hall–Kier alpha value is -0.860. The van der Waals surface area contributed by atoms with E-state index in [1.54, 1.807) is 0 Å². The largest absolute Gasteiger partial charge is 0.481 e. The van der Waals surface area contributed by atoms with Crippen LogP contribution in [0.3, 0.4) is 0 Å². The highest BCUT2D eigenvalue weighted by atomic mass is 79.9. The molecule has 3 aliphatic rings. The van der Waals surface area contributed by atoms with E-state index in [1.807, 2.05) is 29.5 Å². The number of halogens is 2. The Labute approximate surface area is 324 Å². The van der Waals surface area contributed by atoms with Gasteiger partial charge < -0.3 is 10.0 Å². The third-order valence-electron chi connectivity index (χ3n) is 9.31. The number of hydrogen-bond donors (Lipinski definition) is 2. The molecule has 2 aliphatic heterocycles. The molecule has 5 rings (SSSR count). The van der Waals surface area contributed by atoms with Crippen molar-refractivity contribution in [2.45, 2.75) is 119 Å². The summed E-state index contributed by atoms with van der Waals surface area (Å²) < 4.78 is 12.0. The van der Waals surface area contributed by atoms with Gasteiger partial charge >= 0.3 is 0 Å². The van der Waals surface area contributed by atoms with Crippen LogP contribution < -0.4 is 10.4 Å². The van der Waals surface area contributed by atoms with Crippen molar-refractivity contribution < 1.29 is 14.2 Å². The summed E-state index contributed by atoms with van der Waals surface area (Å²) >= 11 is 12.6. The smallest absolute Gasteiger partial charge is 0.300 e. The van der Waals surface area contributed by atoms with Gasteiger partial charge in [-0.3, -0.25) is 4.79 Å². The number of unbranched alkanes of at least 4 members (excludes halogenated alkanes) is 3. The summed E-state index contributed by atoms with van der Waals surface area (Å²) in [6.45, 7) is 10.1. The molecule has 0 amide bonds. The summed E-state index contributed by atoms with van der Waals surface area (Å²) in [5.74, 6) is 2.03. The third kappa shape index (κ3) is 15.3. The maximum Gasteiger partial charge on any atom is 0.300 e. The van der Waals surface area contributed by atoms with Gasteiger partial charge in [-0.1, -0.05) is 62.3 Å². The molecule has 0 saturated carbocycles. The molecule has 2 saturated heterocycles. The van der Waals surface area contributed by atoms with Gasteiger partial charge in [0.15, 0.2) is 0 Å². The SMILES string of the molecule is CC(=O)O.Cc1sc(SN2CCC(CCCCCCC3CCN(c4ncc(SONC(C)CC5=CCCC=C5)cc4Br)CC3)CC2)cc1Br. The Morgan fingerprint density at radius 3 is 2.27 bits per heavy atom. The first-order valence-corrected chi connectivity index (χ1v) is 21.8. The number of hydrogen-bond acceptors (Lipinski definition) is 9. The first kappa shape index (κ1) is 40.9. The van der Waals surface area contributed by atoms with Crippen molar-refractivity contribution >= 4 is 79.0 Å². The zero-order valence-electron chi connectivity index (χ0n) is 29.3. The van der Waals surface area contributed by atoms with Gasteiger partial charge in [-0.2, -0.15) is 5.48 Å². The predicted molar refractivity (Wildman–Crippen MR) is 215 cm³/mol. The number of allylic oxidation sites excluding steroid dienone is 3. The number of nitrogens with one attached hydrogen (secondary N) is 1. The topological polar surface area (TPSA) is 77.9 Å². The fourth-order valence-corrected chi connectivity index (χ4v) is 11.0. The maximum atomic E-state index is 9.00. The molecule has 2 aromatic heterocycles. The second-order valence-electron chi connectivity index (χ2n) is 13.5. The minimum absolute atomic E-state index is 0.256. The summed E-state index contributed by atoms with van der Waals surface area (Å²) in [4.78, 5) is 18.6. The number of hydroxylamine groups is 1. The van der Waals surface area contributed by atoms with Crippen LogP contribution >= 0.6 is 67.2 Å². The van der Waals surface area contributed by atoms with Gasteiger partial charge in [-0.05, 0) is 127 Å². The molecule has 1 aliphatic carbocycles. The van der Waals surface area contributed by atoms with Crippen molar-refractivity contribution in [2.24, 2.45) is 11.8 Å². The van der Waals surface area contributed by atoms with Gasteiger partial charge in [0, 0.05) is 54.7 Å². The normalized spacial score (nSPS) is 18.2. The van der Waals surface area contributed by atoms with Crippen molar-refractivity contribution in [1.29, 1.82) is 0 Å². The molecule has 272 valence electrons. The molecular weight excluding hydrogens is 804 g/mol. The number of aliphatic carboxylic acids is 1. The number of aromatic nitrogens is 1. The number of aryl methyl sites for hydroxylation is 1. The van der Waals surface area contributed by atoms with Crippen LogP contribution in [0.1, 0.15) is 102 Å². The highest BCUT2D eigenvalue weighted by Gasteiger charge is 2.23. The van der Waals surface area contributed by atoms with E-state index in [4.69, 9.17) is 19.2 Å². The average Bonchev–Trinajstić information content (AvgIpc) is 3.39. The lowest BCUT2D eigenvalue weighted by atomic mass is 9.89. The molecule has 7 nitrogen and oxygen atoms in total. The van der Waals surface area contributed by atoms with Gasteiger partial charge in [0.05, 0.1) is 25.6 Å². The van der Waals surface area contributed by atoms with E-state index in [2.05, 4.69) is 90.8 Å². The number of carboxylic acids is 1. The first-order chi connectivity index (χ1) is 23.7. The lowest BCUT2D eigenvalue weighted by Gasteiger charge is -2.33. The van der Waals surface area contributed by atoms with Gasteiger partial charge in [0.25, 0.3) is 5.97 Å². The molecule has 0 spiro atoms. The lowest BCUT2D eigenvalue weighted by molar-refractivity contribution is -0.134. The first-order valence-electron chi connectivity index (χ1n) is 17.9. The van der Waals surface area contributed by atoms with E-state index >= 15 is 0 Å². The van der Waals surface area contributed by atoms with E-state index in [-0.39, 0.29) is 6.04 Å². The van der Waals surface area contributed by atoms with E-state index in [0.29, 0.717) is 0 Å². The molecule has 2 aromatic rings. The van der Waals surface area contributed by atoms with Gasteiger partial charge in [0.1, 0.15) is 5.82 Å². The fraction of sp³-hybridized carbons (Fsp3) is 0.622. The molecule has 2 fully saturated rings. The number of nitrogens with zero attached hydrogens (tertiary/aromatic N) is 3. The summed E-state index contributed by atoms with van der Waals surface area (Å²) in [5, 5.41) is 7.42. The average molecular weight is 859 g/mol. The van der Waals surface area contributed by atoms with Crippen LogP contribution in [0.4, 0.5) is 5.82 Å². The van der Waals surface area contributed by atoms with Crippen LogP contribution in [-0.4, -0.2) is 52.6 Å². The maximum absolute atomic E-state index is 9.00. The summed E-state index contributed by atoms with van der Waals surface area (Å²) in [6, 6.07) is 4.66. The van der Waals surface area contributed by atoms with Gasteiger partial charge in [-0.15, -0.1) is 11.3 Å². The molecule has 1 atom stereocenters. The summed E-state index contributed by atoms with van der Waals surface area (Å²) in [5.41, 5.74) is 4.55. The van der Waals surface area contributed by atoms with Crippen LogP contribution in [0, 0.1) is 18.8 Å². The fourth-order valence-electron chi connectivity index (χ4n) is 6.61. The number of pyridine rings is 1. The van der Waals surface area contributed by atoms with Crippen molar-refractivity contribution in [3.63, 3.8) is 0 Å². The number of carbonyl (C=O) groups is 1. The second-order valence-corrected chi connectivity index (χ2v) is 18.7. The molecule has 0 bridgehead atoms. The van der Waals surface area contributed by atoms with Crippen LogP contribution in [0.25, 0.3) is 0 Å². The van der Waals surface area contributed by atoms with Gasteiger partial charge in [-0.25, -0.2) is 13.6 Å². The highest BCUT2D eigenvalue weighted by Crippen LogP contribution is 2.38. The number of carboxylic acid groups (broad SMARTS) is 1. The van der Waals surface area contributed by atoms with Crippen LogP contribution in [-0.2, 0) is 9.08 Å². The van der Waals surface area contributed by atoms with Crippen molar-refractivity contribution in [1.82, 2.24) is 14.8 Å². The van der Waals surface area contributed by atoms with E-state index in [9.17, 15) is 0 Å². The number of piperidine rings is 2. The molecule has 12 heteroatoms. The predicted octanol–water partition coefficient (Wildman–Crippen LogP) is 11.6. The summed E-state index contributed by atoms with van der Waals surface area (Å²) in [6.07, 6.45) is 25.7. The van der Waals surface area contributed by atoms with Crippen molar-refractivity contribution in [3.8, 4) is 0 Å². The van der Waals surface area contributed by atoms with Crippen molar-refractivity contribution in [2.75, 3.05) is 31.1 Å². The molecule has 4 heterocycles. The lowest BCUT2D eigenvalue weighted by Crippen LogP contribution is -2.34. The monoisotopic (exact) mass is 856 g/mol. The van der Waals surface area contributed by atoms with E-state index in [0.717, 1.165) is 66.3 Å². The minimum atomic E-state index is -0.833.